The first kappa shape index (κ1) is 35.9. The lowest BCUT2D eigenvalue weighted by Crippen LogP contribution is -2.60. The van der Waals surface area contributed by atoms with Gasteiger partial charge in [0.2, 0.25) is 22.3 Å². The average Bonchev–Trinajstić information content (AvgIpc) is 2.95. The molecule has 1 fully saturated rings. The van der Waals surface area contributed by atoms with Gasteiger partial charge in [0.15, 0.2) is 6.10 Å². The van der Waals surface area contributed by atoms with E-state index in [0.717, 1.165) is 10.6 Å². The molecule has 0 amide bonds. The molecule has 6 N–H and O–H groups in total. The predicted octanol–water partition coefficient (Wildman–Crippen LogP) is -0.247. The van der Waals surface area contributed by atoms with Crippen LogP contribution in [0.1, 0.15) is 43.9 Å². The highest BCUT2D eigenvalue weighted by Crippen LogP contribution is 2.32. The van der Waals surface area contributed by atoms with E-state index < -0.39 is 83.5 Å². The molecule has 1 aliphatic rings. The summed E-state index contributed by atoms with van der Waals surface area (Å²) in [6, 6.07) is 5.29. The van der Waals surface area contributed by atoms with Crippen LogP contribution in [0.15, 0.2) is 30.3 Å². The van der Waals surface area contributed by atoms with Crippen LogP contribution in [0, 0.1) is 5.82 Å². The minimum Gasteiger partial charge on any atom is -0.479 e. The van der Waals surface area contributed by atoms with E-state index in [-0.39, 0.29) is 17.6 Å². The summed E-state index contributed by atoms with van der Waals surface area (Å²) in [6.07, 6.45) is -10.1. The van der Waals surface area contributed by atoms with Gasteiger partial charge in [0, 0.05) is 24.6 Å². The van der Waals surface area contributed by atoms with Gasteiger partial charge in [-0.3, -0.25) is 4.79 Å². The predicted molar refractivity (Wildman–Crippen MR) is 155 cm³/mol. The number of aromatic nitrogens is 2. The Morgan fingerprint density at radius 2 is 1.71 bits per heavy atom. The monoisotopic (exact) mass is 657 g/mol. The molecule has 0 saturated carbocycles. The second-order valence-corrected chi connectivity index (χ2v) is 12.8. The highest BCUT2D eigenvalue weighted by Gasteiger charge is 2.48. The molecule has 0 bridgehead atoms. The van der Waals surface area contributed by atoms with Gasteiger partial charge in [-0.05, 0) is 30.2 Å². The fourth-order valence-corrected chi connectivity index (χ4v) is 4.74. The van der Waals surface area contributed by atoms with Crippen molar-refractivity contribution in [2.24, 2.45) is 0 Å². The number of rotatable bonds is 12. The number of halogens is 1. The Morgan fingerprint density at radius 3 is 2.27 bits per heavy atom. The van der Waals surface area contributed by atoms with Crippen LogP contribution < -0.4 is 4.31 Å². The van der Waals surface area contributed by atoms with Crippen LogP contribution in [-0.2, 0) is 29.1 Å². The summed E-state index contributed by atoms with van der Waals surface area (Å²) < 4.78 is 48.7. The van der Waals surface area contributed by atoms with E-state index in [0.29, 0.717) is 16.8 Å². The second-order valence-electron chi connectivity index (χ2n) is 10.8. The van der Waals surface area contributed by atoms with Crippen molar-refractivity contribution in [3.63, 3.8) is 0 Å². The number of sulfonamides is 1. The topological polar surface area (TPSA) is 237 Å². The lowest BCUT2D eigenvalue weighted by molar-refractivity contribution is -0.286. The standard InChI is InChI=1S/C28H36FN3O12S/c1-13(2)20-18(21(14-5-7-15(29)8-6-14)31-28(30-20)32(3)45(4,41)42)10-9-16(33)11-17(34)12-19(35)43-27-24(38)22(36)23(37)25(44-27)26(39)40/h5-10,13,16-17,22-25,27,33-34,36-38H,11-12H2,1-4H3,(H,39,40)/b10-9+/t16-,17-,22+,23+,24+,25?,27?/m1/s1. The number of aliphatic hydroxyl groups excluding tert-OH is 5. The summed E-state index contributed by atoms with van der Waals surface area (Å²) >= 11 is 0. The molecule has 248 valence electrons. The summed E-state index contributed by atoms with van der Waals surface area (Å²) in [5.41, 5.74) is 1.45. The van der Waals surface area contributed by atoms with Gasteiger partial charge < -0.3 is 40.1 Å². The van der Waals surface area contributed by atoms with Gasteiger partial charge in [0.25, 0.3) is 0 Å². The number of anilines is 1. The number of carbonyl (C=O) groups excluding carboxylic acids is 1. The van der Waals surface area contributed by atoms with E-state index >= 15 is 0 Å². The average molecular weight is 658 g/mol. The summed E-state index contributed by atoms with van der Waals surface area (Å²) in [5, 5.41) is 59.7. The minimum absolute atomic E-state index is 0.129. The molecule has 1 saturated heterocycles. The van der Waals surface area contributed by atoms with Crippen molar-refractivity contribution < 1.29 is 62.5 Å². The molecule has 1 aliphatic heterocycles. The molecule has 0 aliphatic carbocycles. The van der Waals surface area contributed by atoms with Crippen molar-refractivity contribution in [3.05, 3.63) is 47.4 Å². The van der Waals surface area contributed by atoms with E-state index in [2.05, 4.69) is 9.97 Å². The van der Waals surface area contributed by atoms with E-state index in [9.17, 15) is 47.9 Å². The highest BCUT2D eigenvalue weighted by atomic mass is 32.2. The number of carboxylic acids is 1. The van der Waals surface area contributed by atoms with Crippen molar-refractivity contribution in [2.45, 2.75) is 75.5 Å². The Hall–Kier alpha value is -3.58. The van der Waals surface area contributed by atoms with Gasteiger partial charge in [0.05, 0.1) is 36.3 Å². The molecule has 45 heavy (non-hydrogen) atoms. The summed E-state index contributed by atoms with van der Waals surface area (Å²) in [4.78, 5) is 32.4. The molecule has 2 aromatic rings. The number of aliphatic carboxylic acids is 1. The smallest absolute Gasteiger partial charge is 0.335 e. The van der Waals surface area contributed by atoms with E-state index in [1.165, 1.54) is 43.5 Å². The SMILES string of the molecule is CC(C)c1nc(N(C)S(C)(=O)=O)nc(-c2ccc(F)cc2)c1/C=C/[C@@H](O)C[C@@H](O)CC(=O)OC1OC(C(=O)O)[C@@H](O)[C@H](O)[C@@H]1O. The number of carbonyl (C=O) groups is 2. The highest BCUT2D eigenvalue weighted by molar-refractivity contribution is 7.92. The van der Waals surface area contributed by atoms with Gasteiger partial charge in [0.1, 0.15) is 24.1 Å². The van der Waals surface area contributed by atoms with Crippen molar-refractivity contribution >= 4 is 34.0 Å². The number of aliphatic hydroxyl groups is 5. The minimum atomic E-state index is -3.74. The number of benzene rings is 1. The Morgan fingerprint density at radius 1 is 1.09 bits per heavy atom. The molecule has 3 rings (SSSR count). The van der Waals surface area contributed by atoms with Crippen molar-refractivity contribution in [3.8, 4) is 11.3 Å². The Kier molecular flexibility index (Phi) is 11.7. The third-order valence-corrected chi connectivity index (χ3v) is 8.03. The third-order valence-electron chi connectivity index (χ3n) is 6.87. The maximum atomic E-state index is 13.7. The zero-order valence-corrected chi connectivity index (χ0v) is 25.6. The first-order valence-corrected chi connectivity index (χ1v) is 15.5. The first-order valence-electron chi connectivity index (χ1n) is 13.7. The number of ether oxygens (including phenoxy) is 2. The van der Waals surface area contributed by atoms with Gasteiger partial charge >= 0.3 is 11.9 Å². The number of carboxylic acid groups (broad SMARTS) is 1. The van der Waals surface area contributed by atoms with Gasteiger partial charge in [-0.2, -0.15) is 0 Å². The molecule has 17 heteroatoms. The normalized spacial score (nSPS) is 23.6. The second kappa shape index (κ2) is 14.7. The molecular weight excluding hydrogens is 621 g/mol. The van der Waals surface area contributed by atoms with Crippen molar-refractivity contribution in [1.29, 1.82) is 0 Å². The molecule has 1 aromatic carbocycles. The van der Waals surface area contributed by atoms with Crippen LogP contribution >= 0.6 is 0 Å². The Bertz CT molecular complexity index is 1500. The third kappa shape index (κ3) is 9.00. The zero-order valence-electron chi connectivity index (χ0n) is 24.8. The van der Waals surface area contributed by atoms with Crippen LogP contribution in [0.25, 0.3) is 17.3 Å². The molecule has 15 nitrogen and oxygen atoms in total. The van der Waals surface area contributed by atoms with E-state index in [4.69, 9.17) is 14.6 Å². The number of esters is 1. The van der Waals surface area contributed by atoms with Crippen LogP contribution in [0.5, 0.6) is 0 Å². The van der Waals surface area contributed by atoms with Crippen molar-refractivity contribution in [2.75, 3.05) is 17.6 Å². The molecule has 0 spiro atoms. The maximum Gasteiger partial charge on any atom is 0.335 e. The first-order chi connectivity index (χ1) is 20.9. The van der Waals surface area contributed by atoms with Gasteiger partial charge in [-0.15, -0.1) is 0 Å². The Balaban J connectivity index is 1.80. The lowest BCUT2D eigenvalue weighted by Gasteiger charge is -2.38. The molecule has 2 unspecified atom stereocenters. The zero-order chi connectivity index (χ0) is 33.8. The van der Waals surface area contributed by atoms with E-state index in [1.54, 1.807) is 13.8 Å². The quantitative estimate of drug-likeness (QED) is 0.162. The summed E-state index contributed by atoms with van der Waals surface area (Å²) in [7, 11) is -2.45. The van der Waals surface area contributed by atoms with Gasteiger partial charge in [-0.1, -0.05) is 26.0 Å². The summed E-state index contributed by atoms with van der Waals surface area (Å²) in [5.74, 6) is -3.74. The van der Waals surface area contributed by atoms with Crippen LogP contribution in [-0.4, -0.2) is 117 Å². The van der Waals surface area contributed by atoms with Crippen LogP contribution in [0.4, 0.5) is 10.3 Å². The van der Waals surface area contributed by atoms with E-state index in [1.807, 2.05) is 0 Å². The number of hydrogen-bond donors (Lipinski definition) is 6. The van der Waals surface area contributed by atoms with Gasteiger partial charge in [-0.25, -0.2) is 31.9 Å². The maximum absolute atomic E-state index is 13.7. The van der Waals surface area contributed by atoms with Crippen LogP contribution in [0.3, 0.4) is 0 Å². The largest absolute Gasteiger partial charge is 0.479 e. The number of nitrogens with zero attached hydrogens (tertiary/aromatic N) is 3. The summed E-state index contributed by atoms with van der Waals surface area (Å²) in [6.45, 7) is 3.60. The fourth-order valence-electron chi connectivity index (χ4n) is 4.36. The Labute approximate surface area is 258 Å². The molecule has 7 atom stereocenters. The molecule has 2 heterocycles. The van der Waals surface area contributed by atoms with Crippen molar-refractivity contribution in [1.82, 2.24) is 9.97 Å². The lowest BCUT2D eigenvalue weighted by atomic mass is 9.97. The number of hydrogen-bond acceptors (Lipinski definition) is 13. The van der Waals surface area contributed by atoms with Crippen LogP contribution in [0.2, 0.25) is 0 Å². The molecule has 0 radical (unpaired) electrons. The molecular formula is C28H36FN3O12S. The molecule has 1 aromatic heterocycles. The fraction of sp³-hybridized carbons (Fsp3) is 0.500.